The Balaban J connectivity index is 0.000000173. The average Bonchev–Trinajstić information content (AvgIpc) is 1.66. The molecule has 0 saturated carbocycles. The molecule has 0 amide bonds. The first-order valence-electron chi connectivity index (χ1n) is 38.5. The molecule has 15 heterocycles. The molecule has 15 rings (SSSR count). The van der Waals surface area contributed by atoms with E-state index in [1.807, 2.05) is 0 Å². The quantitative estimate of drug-likeness (QED) is 0.0193. The average molecular weight is 1870 g/mol. The van der Waals surface area contributed by atoms with E-state index in [1.54, 1.807) is 83.8 Å². The van der Waals surface area contributed by atoms with E-state index >= 15 is 0 Å². The first-order chi connectivity index (χ1) is 64.9. The van der Waals surface area contributed by atoms with Gasteiger partial charge in [-0.1, -0.05) is 0 Å². The van der Waals surface area contributed by atoms with Gasteiger partial charge in [0.1, 0.15) is 33.4 Å². The Hall–Kier alpha value is -19.8. The van der Waals surface area contributed by atoms with Crippen molar-refractivity contribution in [1.82, 2.24) is 157 Å². The summed E-state index contributed by atoms with van der Waals surface area (Å²) in [6.45, 7) is 9.76. The van der Waals surface area contributed by atoms with Gasteiger partial charge in [0.2, 0.25) is 0 Å². The van der Waals surface area contributed by atoms with Gasteiger partial charge in [-0.05, 0) is 41.5 Å². The molecule has 0 unspecified atom stereocenters. The fourth-order valence-electron chi connectivity index (χ4n) is 12.1. The molecule has 0 aliphatic carbocycles. The van der Waals surface area contributed by atoms with E-state index in [-0.39, 0.29) is 179 Å². The van der Waals surface area contributed by atoms with Crippen molar-refractivity contribution in [2.45, 2.75) is 41.5 Å². The minimum Gasteiger partial charge on any atom is -0.479 e. The van der Waals surface area contributed by atoms with Gasteiger partial charge in [0.25, 0.3) is 23.8 Å². The van der Waals surface area contributed by atoms with Crippen LogP contribution >= 0.6 is 0 Å². The Kier molecular flexibility index (Phi) is 26.7. The van der Waals surface area contributed by atoms with Crippen molar-refractivity contribution in [2.24, 2.45) is 104 Å². The van der Waals surface area contributed by atoms with E-state index in [1.165, 1.54) is 140 Å². The number of anilines is 6. The zero-order valence-electron chi connectivity index (χ0n) is 74.9. The summed E-state index contributed by atoms with van der Waals surface area (Å²) in [4.78, 5) is 106. The summed E-state index contributed by atoms with van der Waals surface area (Å²) in [7, 11) is 18.3. The number of esters is 6. The first kappa shape index (κ1) is 93.9. The van der Waals surface area contributed by atoms with Gasteiger partial charge < -0.3 is 77.8 Å². The van der Waals surface area contributed by atoms with Crippen LogP contribution in [0.3, 0.4) is 0 Å². The molecule has 0 bridgehead atoms. The SMILES string of the molecule is COC(=O)c1cnn(C)c1N=Nc1c(C)nn(-c2cc(-n3nc(C)c(N=Nc4c(C(=O)OC)cnn4C)c3N)nc(O)n2)c1N.COC(=O)c1cnn(C)c1N=Nc1c(C)nn(-c2nc(O)nc(-n3nc(C)c(N=Nc4c(C(=O)OC)cnn4C)c3N)n2)c1N.COC(=O)c1cnn(C)c1N=Nc1c(C)nn(-c2nc(OC)nc(-n3nc(C)c(N=Nc4c(C(=O)OC)cnn4C)c3N)n2)c1N. The number of azo groups is 6. The summed E-state index contributed by atoms with van der Waals surface area (Å²) in [5.74, 6) is -3.52. The van der Waals surface area contributed by atoms with Crippen LogP contribution in [-0.4, -0.2) is 253 Å². The molecule has 0 radical (unpaired) electrons. The Bertz CT molecular complexity index is 6720. The van der Waals surface area contributed by atoms with Crippen molar-refractivity contribution in [3.8, 4) is 53.5 Å². The Morgan fingerprint density at radius 2 is 0.456 bits per heavy atom. The minimum absolute atomic E-state index is 0.0128. The highest BCUT2D eigenvalue weighted by atomic mass is 16.5. The van der Waals surface area contributed by atoms with E-state index in [9.17, 15) is 39.0 Å². The second-order valence-corrected chi connectivity index (χ2v) is 27.6. The highest BCUT2D eigenvalue weighted by Crippen LogP contribution is 2.40. The lowest BCUT2D eigenvalue weighted by atomic mass is 10.3. The molecule has 0 aliphatic rings. The highest BCUT2D eigenvalue weighted by Gasteiger charge is 2.30. The summed E-state index contributed by atoms with van der Waals surface area (Å²) in [5, 5.41) is 121. The van der Waals surface area contributed by atoms with Gasteiger partial charge >= 0.3 is 53.8 Å². The van der Waals surface area contributed by atoms with E-state index < -0.39 is 47.8 Å². The third-order valence-electron chi connectivity index (χ3n) is 19.0. The number of carbonyl (C=O) groups is 6. The van der Waals surface area contributed by atoms with Gasteiger partial charge in [0, 0.05) is 48.4 Å². The van der Waals surface area contributed by atoms with Crippen LogP contribution in [0, 0.1) is 41.5 Å². The number of nitrogens with two attached hydrogens (primary N) is 6. The zero-order valence-corrected chi connectivity index (χ0v) is 74.9. The number of nitrogens with zero attached hydrogens (tertiary/aromatic N) is 44. The van der Waals surface area contributed by atoms with Crippen LogP contribution in [-0.2, 0) is 70.7 Å². The van der Waals surface area contributed by atoms with Crippen LogP contribution in [0.4, 0.5) is 104 Å². The number of hydrogen-bond donors (Lipinski definition) is 8. The maximum Gasteiger partial charge on any atom is 0.343 e. The van der Waals surface area contributed by atoms with E-state index in [2.05, 4.69) is 162 Å². The standard InChI is InChI=1S/C24H27N17O5.C24H26N16O5.C23H25N17O5/c1-10-14(32-34-18-12(20(42)44-5)8-27-38(18)3)16(25)40(36-10)22-29-23(31-24(30-22)46-7)41-17(26)15(11(2)37-41)33-35-19-13(21(43)45-6)9-28-39(19)4;1-10-16(31-33-20-12(22(41)44-5)8-27-37(20)3)18(25)39(35-10)14-7-15(30-24(43)29-14)40-19(26)17(11(2)36-40)32-34-21-13(23(42)45-6)9-28-38(21)4;1-9-13(31-33-17-11(19(41)44-5)7-26-37(17)3)15(24)39(35-9)21-28-22(30-23(43)29-21)40-16(25)14(10(2)36-40)32-34-18-12(20(42)45-6)8-27-38(18)4/h8-9H,25-26H2,1-7H3;7-9H,25-26H2,1-6H3,(H,29,30,43);7-8H,24-25H2,1-6H3,(H,28,29,30,43). The molecule has 0 saturated heterocycles. The van der Waals surface area contributed by atoms with Crippen LogP contribution < -0.4 is 39.1 Å². The van der Waals surface area contributed by atoms with Crippen molar-refractivity contribution in [3.05, 3.63) is 111 Å². The summed E-state index contributed by atoms with van der Waals surface area (Å²) < 4.78 is 49.0. The van der Waals surface area contributed by atoms with Crippen molar-refractivity contribution in [2.75, 3.05) is 84.2 Å². The van der Waals surface area contributed by atoms with Crippen LogP contribution in [0.25, 0.3) is 35.4 Å². The Morgan fingerprint density at radius 1 is 0.272 bits per heavy atom. The van der Waals surface area contributed by atoms with Crippen molar-refractivity contribution in [1.29, 1.82) is 0 Å². The Morgan fingerprint density at radius 3 is 0.654 bits per heavy atom. The molecule has 14 N–H and O–H groups in total. The number of aromatic hydroxyl groups is 2. The molecule has 702 valence electrons. The lowest BCUT2D eigenvalue weighted by molar-refractivity contribution is 0.0592. The molecule has 0 atom stereocenters. The van der Waals surface area contributed by atoms with Crippen LogP contribution in [0.15, 0.2) is 105 Å². The summed E-state index contributed by atoms with van der Waals surface area (Å²) in [6, 6.07) is -0.0253. The number of aromatic nitrogens is 32. The number of hydrogen-bond acceptors (Lipinski definition) is 53. The predicted octanol–water partition coefficient (Wildman–Crippen LogP) is 5.71. The fourth-order valence-corrected chi connectivity index (χ4v) is 12.1. The third-order valence-corrected chi connectivity index (χ3v) is 19.0. The molecule has 65 heteroatoms. The second-order valence-electron chi connectivity index (χ2n) is 27.6. The zero-order chi connectivity index (χ0) is 98.4. The molecule has 136 heavy (non-hydrogen) atoms. The summed E-state index contributed by atoms with van der Waals surface area (Å²) >= 11 is 0. The number of carbonyl (C=O) groups excluding carboxylic acids is 6. The normalized spacial score (nSPS) is 11.6. The number of nitrogen functional groups attached to an aromatic ring is 6. The highest BCUT2D eigenvalue weighted by molar-refractivity contribution is 5.97. The largest absolute Gasteiger partial charge is 0.479 e. The second kappa shape index (κ2) is 38.7. The lowest BCUT2D eigenvalue weighted by Crippen LogP contribution is -2.14. The molecule has 0 fully saturated rings. The van der Waals surface area contributed by atoms with Crippen molar-refractivity contribution in [3.63, 3.8) is 0 Å². The smallest absolute Gasteiger partial charge is 0.343 e. The maximum absolute atomic E-state index is 12.1. The number of methoxy groups -OCH3 is 7. The number of rotatable bonds is 25. The monoisotopic (exact) mass is 1870 g/mol. The van der Waals surface area contributed by atoms with E-state index in [0.29, 0.717) is 34.2 Å². The van der Waals surface area contributed by atoms with Gasteiger partial charge in [0.15, 0.2) is 116 Å². The molecule has 0 aromatic carbocycles. The number of aryl methyl sites for hydroxylation is 12. The fraction of sp³-hybridized carbons (Fsp3) is 0.268. The molecular formula is C71H78N50O15. The van der Waals surface area contributed by atoms with Gasteiger partial charge in [0.05, 0.1) is 121 Å². The minimum atomic E-state index is -0.698. The van der Waals surface area contributed by atoms with E-state index in [0.717, 1.165) is 9.36 Å². The molecular weight excluding hydrogens is 1790 g/mol. The molecule has 0 spiro atoms. The molecule has 15 aromatic heterocycles. The Labute approximate surface area is 759 Å². The van der Waals surface area contributed by atoms with Gasteiger partial charge in [-0.15, -0.1) is 61.4 Å². The molecule has 65 nitrogen and oxygen atoms in total. The van der Waals surface area contributed by atoms with E-state index in [4.69, 9.17) is 67.6 Å². The first-order valence-corrected chi connectivity index (χ1v) is 38.5. The van der Waals surface area contributed by atoms with Crippen LogP contribution in [0.1, 0.15) is 96.3 Å². The maximum atomic E-state index is 12.1. The summed E-state index contributed by atoms with van der Waals surface area (Å²) in [5.41, 5.74) is 41.8. The van der Waals surface area contributed by atoms with Gasteiger partial charge in [-0.25, -0.2) is 56.9 Å². The molecule has 0 aliphatic heterocycles. The summed E-state index contributed by atoms with van der Waals surface area (Å²) in [6.07, 6.45) is 7.82. The van der Waals surface area contributed by atoms with Gasteiger partial charge in [-0.3, -0.25) is 0 Å². The van der Waals surface area contributed by atoms with Crippen LogP contribution in [0.2, 0.25) is 0 Å². The van der Waals surface area contributed by atoms with Crippen molar-refractivity contribution >= 4 is 140 Å². The molecule has 15 aromatic rings. The lowest BCUT2D eigenvalue weighted by Gasteiger charge is -2.08. The van der Waals surface area contributed by atoms with Gasteiger partial charge in [-0.2, -0.15) is 129 Å². The third kappa shape index (κ3) is 18.4. The number of ether oxygens (including phenoxy) is 7. The predicted molar refractivity (Wildman–Crippen MR) is 462 cm³/mol. The van der Waals surface area contributed by atoms with Crippen LogP contribution in [0.5, 0.6) is 18.0 Å². The van der Waals surface area contributed by atoms with Crippen molar-refractivity contribution < 1.29 is 72.1 Å². The topological polar surface area (TPSA) is 829 Å².